The van der Waals surface area contributed by atoms with Gasteiger partial charge in [-0.25, -0.2) is 9.37 Å². The van der Waals surface area contributed by atoms with E-state index < -0.39 is 23.6 Å². The number of halogens is 4. The Hall–Kier alpha value is -1.51. The fourth-order valence-electron chi connectivity index (χ4n) is 2.01. The summed E-state index contributed by atoms with van der Waals surface area (Å²) in [4.78, 5) is 4.19. The van der Waals surface area contributed by atoms with Gasteiger partial charge in [-0.15, -0.1) is 11.3 Å². The molecule has 2 aromatic rings. The predicted molar refractivity (Wildman–Crippen MR) is 72.0 cm³/mol. The van der Waals surface area contributed by atoms with Crippen LogP contribution in [-0.4, -0.2) is 4.98 Å². The van der Waals surface area contributed by atoms with Gasteiger partial charge in [-0.05, 0) is 30.7 Å². The molecule has 21 heavy (non-hydrogen) atoms. The Morgan fingerprint density at radius 3 is 2.62 bits per heavy atom. The van der Waals surface area contributed by atoms with Crippen LogP contribution in [0, 0.1) is 12.7 Å². The molecule has 0 fully saturated rings. The molecule has 0 saturated heterocycles. The minimum absolute atomic E-state index is 0.154. The Balaban J connectivity index is 2.39. The number of aromatic nitrogens is 1. The summed E-state index contributed by atoms with van der Waals surface area (Å²) in [5.74, 6) is 4.62. The largest absolute Gasteiger partial charge is 0.416 e. The second-order valence-electron chi connectivity index (χ2n) is 4.54. The first kappa shape index (κ1) is 15.9. The highest BCUT2D eigenvalue weighted by Crippen LogP contribution is 2.36. The quantitative estimate of drug-likeness (QED) is 0.516. The highest BCUT2D eigenvalue weighted by atomic mass is 32.1. The number of rotatable bonds is 4. The molecule has 1 aromatic carbocycles. The molecule has 0 aliphatic heterocycles. The minimum Gasteiger partial charge on any atom is -0.271 e. The molecule has 114 valence electrons. The first-order chi connectivity index (χ1) is 9.81. The van der Waals surface area contributed by atoms with Crippen molar-refractivity contribution in [3.63, 3.8) is 0 Å². The van der Waals surface area contributed by atoms with E-state index >= 15 is 0 Å². The maximum absolute atomic E-state index is 13.3. The molecule has 0 radical (unpaired) electrons. The van der Waals surface area contributed by atoms with Gasteiger partial charge in [0.05, 0.1) is 16.6 Å². The van der Waals surface area contributed by atoms with Crippen molar-refractivity contribution in [2.75, 3.05) is 0 Å². The Morgan fingerprint density at radius 1 is 1.38 bits per heavy atom. The number of thiazole rings is 1. The highest BCUT2D eigenvalue weighted by Gasteiger charge is 2.35. The van der Waals surface area contributed by atoms with Crippen LogP contribution in [0.2, 0.25) is 0 Å². The lowest BCUT2D eigenvalue weighted by atomic mass is 9.98. The first-order valence-electron chi connectivity index (χ1n) is 6.05. The van der Waals surface area contributed by atoms with E-state index in [0.29, 0.717) is 5.01 Å². The van der Waals surface area contributed by atoms with Crippen LogP contribution in [0.4, 0.5) is 17.6 Å². The van der Waals surface area contributed by atoms with Crippen molar-refractivity contribution in [1.29, 1.82) is 0 Å². The van der Waals surface area contributed by atoms with Crippen molar-refractivity contribution >= 4 is 11.3 Å². The molecule has 2 rings (SSSR count). The number of nitrogens with two attached hydrogens (primary N) is 1. The molecule has 0 saturated carbocycles. The van der Waals surface area contributed by atoms with Crippen molar-refractivity contribution in [3.8, 4) is 0 Å². The van der Waals surface area contributed by atoms with Gasteiger partial charge in [-0.3, -0.25) is 11.3 Å². The summed E-state index contributed by atoms with van der Waals surface area (Å²) in [6.07, 6.45) is -4.42. The average Bonchev–Trinajstić information content (AvgIpc) is 2.80. The Morgan fingerprint density at radius 2 is 2.10 bits per heavy atom. The zero-order valence-electron chi connectivity index (χ0n) is 11.0. The maximum Gasteiger partial charge on any atom is 0.416 e. The molecule has 1 heterocycles. The summed E-state index contributed by atoms with van der Waals surface area (Å²) >= 11 is 1.32. The van der Waals surface area contributed by atoms with Crippen LogP contribution in [0.5, 0.6) is 0 Å². The lowest BCUT2D eigenvalue weighted by Gasteiger charge is -2.20. The van der Waals surface area contributed by atoms with Gasteiger partial charge >= 0.3 is 6.18 Å². The highest BCUT2D eigenvalue weighted by molar-refractivity contribution is 7.09. The first-order valence-corrected chi connectivity index (χ1v) is 6.93. The number of hydrogen-bond donors (Lipinski definition) is 2. The van der Waals surface area contributed by atoms with Crippen LogP contribution in [0.3, 0.4) is 0 Å². The number of hydrogen-bond acceptors (Lipinski definition) is 4. The number of benzene rings is 1. The van der Waals surface area contributed by atoms with Crippen LogP contribution < -0.4 is 11.3 Å². The molecule has 0 amide bonds. The predicted octanol–water partition coefficient (Wildman–Crippen LogP) is 3.36. The van der Waals surface area contributed by atoms with Crippen molar-refractivity contribution < 1.29 is 17.6 Å². The Labute approximate surface area is 122 Å². The standard InChI is InChI=1S/C13H13F4N3S/c1-7-6-21-12(19-7)5-11(20-18)9-4-8(14)2-3-10(9)13(15,16)17/h2-4,6,11,20H,5,18H2,1H3. The molecular formula is C13H13F4N3S. The second kappa shape index (κ2) is 6.08. The molecule has 0 aliphatic carbocycles. The van der Waals surface area contributed by atoms with Crippen LogP contribution in [0.15, 0.2) is 23.6 Å². The molecular weight excluding hydrogens is 306 g/mol. The molecule has 1 atom stereocenters. The van der Waals surface area contributed by atoms with Crippen LogP contribution in [0.1, 0.15) is 27.9 Å². The van der Waals surface area contributed by atoms with E-state index in [4.69, 9.17) is 5.84 Å². The van der Waals surface area contributed by atoms with Gasteiger partial charge in [0.1, 0.15) is 5.82 Å². The van der Waals surface area contributed by atoms with E-state index in [9.17, 15) is 17.6 Å². The lowest BCUT2D eigenvalue weighted by molar-refractivity contribution is -0.138. The number of aryl methyl sites for hydroxylation is 1. The van der Waals surface area contributed by atoms with E-state index in [2.05, 4.69) is 10.4 Å². The van der Waals surface area contributed by atoms with Gasteiger partial charge in [-0.1, -0.05) is 0 Å². The molecule has 1 aromatic heterocycles. The number of hydrazine groups is 1. The monoisotopic (exact) mass is 319 g/mol. The molecule has 0 spiro atoms. The number of alkyl halides is 3. The third-order valence-electron chi connectivity index (χ3n) is 2.94. The number of nitrogens with zero attached hydrogens (tertiary/aromatic N) is 1. The van der Waals surface area contributed by atoms with E-state index in [0.717, 1.165) is 23.9 Å². The SMILES string of the molecule is Cc1csc(CC(NN)c2cc(F)ccc2C(F)(F)F)n1. The topological polar surface area (TPSA) is 50.9 Å². The summed E-state index contributed by atoms with van der Waals surface area (Å²) in [6.45, 7) is 1.79. The lowest BCUT2D eigenvalue weighted by Crippen LogP contribution is -2.31. The van der Waals surface area contributed by atoms with Crippen LogP contribution >= 0.6 is 11.3 Å². The molecule has 3 nitrogen and oxygen atoms in total. The molecule has 1 unspecified atom stereocenters. The minimum atomic E-state index is -4.57. The van der Waals surface area contributed by atoms with Gasteiger partial charge < -0.3 is 0 Å². The Kier molecular flexibility index (Phi) is 4.60. The van der Waals surface area contributed by atoms with E-state index in [-0.39, 0.29) is 12.0 Å². The van der Waals surface area contributed by atoms with Crippen LogP contribution in [0.25, 0.3) is 0 Å². The second-order valence-corrected chi connectivity index (χ2v) is 5.48. The van der Waals surface area contributed by atoms with Gasteiger partial charge in [0, 0.05) is 17.5 Å². The van der Waals surface area contributed by atoms with Crippen LogP contribution in [-0.2, 0) is 12.6 Å². The smallest absolute Gasteiger partial charge is 0.271 e. The maximum atomic E-state index is 13.3. The van der Waals surface area contributed by atoms with E-state index in [1.54, 1.807) is 12.3 Å². The van der Waals surface area contributed by atoms with Crippen molar-refractivity contribution in [2.24, 2.45) is 5.84 Å². The van der Waals surface area contributed by atoms with Crippen molar-refractivity contribution in [3.05, 3.63) is 51.2 Å². The van der Waals surface area contributed by atoms with E-state index in [1.807, 2.05) is 0 Å². The number of nitrogens with one attached hydrogen (secondary N) is 1. The summed E-state index contributed by atoms with van der Waals surface area (Å²) in [7, 11) is 0. The van der Waals surface area contributed by atoms with Crippen molar-refractivity contribution in [2.45, 2.75) is 25.6 Å². The average molecular weight is 319 g/mol. The third-order valence-corrected chi connectivity index (χ3v) is 3.93. The summed E-state index contributed by atoms with van der Waals surface area (Å²) in [5, 5.41) is 2.42. The van der Waals surface area contributed by atoms with Gasteiger partial charge in [0.15, 0.2) is 0 Å². The van der Waals surface area contributed by atoms with Crippen molar-refractivity contribution in [1.82, 2.24) is 10.4 Å². The zero-order chi connectivity index (χ0) is 15.6. The third kappa shape index (κ3) is 3.78. The molecule has 8 heteroatoms. The normalized spacial score (nSPS) is 13.4. The molecule has 0 aliphatic rings. The Bertz CT molecular complexity index is 624. The summed E-state index contributed by atoms with van der Waals surface area (Å²) in [5.41, 5.74) is 1.97. The summed E-state index contributed by atoms with van der Waals surface area (Å²) in [6, 6.07) is 1.49. The molecule has 3 N–H and O–H groups in total. The fraction of sp³-hybridized carbons (Fsp3) is 0.308. The fourth-order valence-corrected chi connectivity index (χ4v) is 2.83. The molecule has 0 bridgehead atoms. The summed E-state index contributed by atoms with van der Waals surface area (Å²) < 4.78 is 52.4. The van der Waals surface area contributed by atoms with Gasteiger partial charge in [-0.2, -0.15) is 13.2 Å². The van der Waals surface area contributed by atoms with E-state index in [1.165, 1.54) is 11.3 Å². The van der Waals surface area contributed by atoms with Gasteiger partial charge in [0.2, 0.25) is 0 Å². The van der Waals surface area contributed by atoms with Gasteiger partial charge in [0.25, 0.3) is 0 Å². The zero-order valence-corrected chi connectivity index (χ0v) is 11.9.